The van der Waals surface area contributed by atoms with Crippen molar-refractivity contribution in [1.29, 1.82) is 0 Å². The van der Waals surface area contributed by atoms with Gasteiger partial charge in [-0.05, 0) is 42.7 Å². The van der Waals surface area contributed by atoms with Gasteiger partial charge in [-0.2, -0.15) is 0 Å². The van der Waals surface area contributed by atoms with Crippen LogP contribution in [0.25, 0.3) is 11.1 Å². The van der Waals surface area contributed by atoms with E-state index < -0.39 is 11.5 Å². The molecular weight excluding hydrogens is 421 g/mol. The first kappa shape index (κ1) is 22.5. The van der Waals surface area contributed by atoms with Crippen LogP contribution in [0.2, 0.25) is 0 Å². The lowest BCUT2D eigenvalue weighted by Gasteiger charge is -2.23. The van der Waals surface area contributed by atoms with Crippen LogP contribution in [0.1, 0.15) is 22.8 Å². The number of carbonyl (C=O) groups is 2. The minimum Gasteiger partial charge on any atom is -0.341 e. The van der Waals surface area contributed by atoms with Gasteiger partial charge in [0.2, 0.25) is 5.91 Å². The number of aromatic amines is 1. The number of H-pyrrole nitrogens is 1. The lowest BCUT2D eigenvalue weighted by Crippen LogP contribution is -2.39. The maximum atomic E-state index is 14.1. The predicted octanol–water partition coefficient (Wildman–Crippen LogP) is 3.34. The van der Waals surface area contributed by atoms with Crippen LogP contribution in [0.5, 0.6) is 0 Å². The van der Waals surface area contributed by atoms with Crippen LogP contribution < -0.4 is 5.56 Å². The SMILES string of the molecule is CCN1CCN(C(=O)c2ccc[nH]c2=O)CC(Cc2ccc(-c3ccccc3F)cc2)C1=O. The van der Waals surface area contributed by atoms with Crippen molar-refractivity contribution < 1.29 is 14.0 Å². The average Bonchev–Trinajstić information content (AvgIpc) is 2.98. The standard InChI is InChI=1S/C26H26FN3O3/c1-2-29-14-15-30(26(33)22-7-5-13-28-24(22)31)17-20(25(29)32)16-18-9-11-19(12-10-18)21-6-3-4-8-23(21)27/h3-13,20H,2,14-17H2,1H3,(H,28,31). The minimum atomic E-state index is -0.439. The van der Waals surface area contributed by atoms with Crippen LogP contribution in [-0.4, -0.2) is 52.8 Å². The van der Waals surface area contributed by atoms with Gasteiger partial charge in [-0.3, -0.25) is 14.4 Å². The summed E-state index contributed by atoms with van der Waals surface area (Å²) in [6.07, 6.45) is 1.93. The molecule has 1 aliphatic heterocycles. The predicted molar refractivity (Wildman–Crippen MR) is 124 cm³/mol. The van der Waals surface area contributed by atoms with E-state index in [0.717, 1.165) is 11.1 Å². The second-order valence-electron chi connectivity index (χ2n) is 8.16. The number of rotatable bonds is 5. The van der Waals surface area contributed by atoms with E-state index in [9.17, 15) is 18.8 Å². The summed E-state index contributed by atoms with van der Waals surface area (Å²) in [7, 11) is 0. The fourth-order valence-electron chi connectivity index (χ4n) is 4.26. The van der Waals surface area contributed by atoms with Gasteiger partial charge in [-0.25, -0.2) is 4.39 Å². The normalized spacial score (nSPS) is 16.5. The zero-order chi connectivity index (χ0) is 23.4. The Morgan fingerprint density at radius 3 is 2.48 bits per heavy atom. The smallest absolute Gasteiger partial charge is 0.260 e. The van der Waals surface area contributed by atoms with Gasteiger partial charge in [0.25, 0.3) is 11.5 Å². The maximum Gasteiger partial charge on any atom is 0.260 e. The van der Waals surface area contributed by atoms with Gasteiger partial charge in [0, 0.05) is 37.9 Å². The summed E-state index contributed by atoms with van der Waals surface area (Å²) in [4.78, 5) is 44.2. The third-order valence-electron chi connectivity index (χ3n) is 6.08. The Morgan fingerprint density at radius 2 is 1.79 bits per heavy atom. The lowest BCUT2D eigenvalue weighted by molar-refractivity contribution is -0.134. The van der Waals surface area contributed by atoms with E-state index in [1.807, 2.05) is 31.2 Å². The number of aromatic nitrogens is 1. The van der Waals surface area contributed by atoms with Crippen molar-refractivity contribution in [1.82, 2.24) is 14.8 Å². The molecule has 170 valence electrons. The van der Waals surface area contributed by atoms with Crippen LogP contribution in [-0.2, 0) is 11.2 Å². The van der Waals surface area contributed by atoms with Gasteiger partial charge in [0.1, 0.15) is 11.4 Å². The zero-order valence-electron chi connectivity index (χ0n) is 18.5. The molecular formula is C26H26FN3O3. The van der Waals surface area contributed by atoms with E-state index in [1.54, 1.807) is 34.1 Å². The number of nitrogens with one attached hydrogen (secondary N) is 1. The molecule has 1 saturated heterocycles. The molecule has 0 aliphatic carbocycles. The van der Waals surface area contributed by atoms with Gasteiger partial charge >= 0.3 is 0 Å². The Morgan fingerprint density at radius 1 is 1.03 bits per heavy atom. The van der Waals surface area contributed by atoms with E-state index in [1.165, 1.54) is 18.3 Å². The molecule has 0 radical (unpaired) electrons. The molecule has 0 saturated carbocycles. The molecule has 1 N–H and O–H groups in total. The van der Waals surface area contributed by atoms with Gasteiger partial charge in [0.05, 0.1) is 5.92 Å². The number of pyridine rings is 1. The van der Waals surface area contributed by atoms with Gasteiger partial charge in [-0.15, -0.1) is 0 Å². The highest BCUT2D eigenvalue weighted by Crippen LogP contribution is 2.24. The Labute approximate surface area is 191 Å². The third kappa shape index (κ3) is 4.87. The number of benzene rings is 2. The Kier molecular flexibility index (Phi) is 6.68. The number of halogens is 1. The van der Waals surface area contributed by atoms with Crippen molar-refractivity contribution in [2.45, 2.75) is 13.3 Å². The second kappa shape index (κ2) is 9.81. The van der Waals surface area contributed by atoms with Crippen LogP contribution in [0.4, 0.5) is 4.39 Å². The summed E-state index contributed by atoms with van der Waals surface area (Å²) < 4.78 is 14.1. The van der Waals surface area contributed by atoms with Crippen LogP contribution in [0.15, 0.2) is 71.7 Å². The molecule has 1 aromatic heterocycles. The molecule has 1 unspecified atom stereocenters. The minimum absolute atomic E-state index is 0.00653. The van der Waals surface area contributed by atoms with Crippen LogP contribution >= 0.6 is 0 Å². The molecule has 2 amide bonds. The maximum absolute atomic E-state index is 14.1. The van der Waals surface area contributed by atoms with Gasteiger partial charge in [-0.1, -0.05) is 42.5 Å². The highest BCUT2D eigenvalue weighted by molar-refractivity contribution is 5.94. The van der Waals surface area contributed by atoms with Crippen molar-refractivity contribution >= 4 is 11.8 Å². The van der Waals surface area contributed by atoms with Crippen molar-refractivity contribution in [3.63, 3.8) is 0 Å². The first-order valence-corrected chi connectivity index (χ1v) is 11.1. The topological polar surface area (TPSA) is 73.5 Å². The lowest BCUT2D eigenvalue weighted by atomic mass is 9.95. The van der Waals surface area contributed by atoms with E-state index in [4.69, 9.17) is 0 Å². The van der Waals surface area contributed by atoms with Crippen molar-refractivity contribution in [3.8, 4) is 11.1 Å². The first-order valence-electron chi connectivity index (χ1n) is 11.1. The number of carbonyl (C=O) groups excluding carboxylic acids is 2. The monoisotopic (exact) mass is 447 g/mol. The number of amides is 2. The molecule has 0 spiro atoms. The van der Waals surface area contributed by atoms with Crippen LogP contribution in [0, 0.1) is 11.7 Å². The number of likely N-dealkylation sites (N-methyl/N-ethyl adjacent to an activating group) is 1. The molecule has 2 heterocycles. The van der Waals surface area contributed by atoms with Gasteiger partial charge < -0.3 is 14.8 Å². The molecule has 4 rings (SSSR count). The molecule has 0 bridgehead atoms. The highest BCUT2D eigenvalue weighted by Gasteiger charge is 2.32. The summed E-state index contributed by atoms with van der Waals surface area (Å²) in [5.74, 6) is -1.10. The summed E-state index contributed by atoms with van der Waals surface area (Å²) >= 11 is 0. The quantitative estimate of drug-likeness (QED) is 0.652. The molecule has 1 aliphatic rings. The number of hydrogen-bond acceptors (Lipinski definition) is 3. The molecule has 2 aromatic carbocycles. The Balaban J connectivity index is 1.56. The number of nitrogens with zero attached hydrogens (tertiary/aromatic N) is 2. The fourth-order valence-corrected chi connectivity index (χ4v) is 4.26. The fraction of sp³-hybridized carbons (Fsp3) is 0.269. The summed E-state index contributed by atoms with van der Waals surface area (Å²) in [5.41, 5.74) is 1.85. The molecule has 1 fully saturated rings. The number of hydrogen-bond donors (Lipinski definition) is 1. The van der Waals surface area contributed by atoms with E-state index in [2.05, 4.69) is 4.98 Å². The molecule has 3 aromatic rings. The highest BCUT2D eigenvalue weighted by atomic mass is 19.1. The van der Waals surface area contributed by atoms with Crippen molar-refractivity contribution in [3.05, 3.63) is 94.2 Å². The Hall–Kier alpha value is -3.74. The molecule has 33 heavy (non-hydrogen) atoms. The third-order valence-corrected chi connectivity index (χ3v) is 6.08. The van der Waals surface area contributed by atoms with E-state index in [-0.39, 0.29) is 29.7 Å². The van der Waals surface area contributed by atoms with E-state index in [0.29, 0.717) is 31.6 Å². The van der Waals surface area contributed by atoms with Crippen molar-refractivity contribution in [2.24, 2.45) is 5.92 Å². The average molecular weight is 448 g/mol. The molecule has 7 heteroatoms. The summed E-state index contributed by atoms with van der Waals surface area (Å²) in [6, 6.07) is 17.2. The van der Waals surface area contributed by atoms with Crippen LogP contribution in [0.3, 0.4) is 0 Å². The van der Waals surface area contributed by atoms with E-state index >= 15 is 0 Å². The van der Waals surface area contributed by atoms with Crippen molar-refractivity contribution in [2.75, 3.05) is 26.2 Å². The zero-order valence-corrected chi connectivity index (χ0v) is 18.5. The molecule has 1 atom stereocenters. The first-order chi connectivity index (χ1) is 16.0. The second-order valence-corrected chi connectivity index (χ2v) is 8.16. The molecule has 6 nitrogen and oxygen atoms in total. The largest absolute Gasteiger partial charge is 0.341 e. The van der Waals surface area contributed by atoms with Gasteiger partial charge in [0.15, 0.2) is 0 Å². The summed E-state index contributed by atoms with van der Waals surface area (Å²) in [6.45, 7) is 3.49. The Bertz CT molecular complexity index is 1210. The summed E-state index contributed by atoms with van der Waals surface area (Å²) in [5, 5.41) is 0.